The van der Waals surface area contributed by atoms with E-state index in [0.717, 1.165) is 0 Å². The van der Waals surface area contributed by atoms with Gasteiger partial charge in [0.2, 0.25) is 0 Å². The molecule has 2 aliphatic carbocycles. The second kappa shape index (κ2) is 8.28. The van der Waals surface area contributed by atoms with Crippen molar-refractivity contribution in [3.8, 4) is 0 Å². The minimum atomic E-state index is 0. The Kier molecular flexibility index (Phi) is 9.93. The molecule has 0 radical (unpaired) electrons. The number of rotatable bonds is 2. The molecular weight excluding hydrogens is 310 g/mol. The van der Waals surface area contributed by atoms with E-state index in [1.54, 1.807) is 16.7 Å². The molecule has 0 fully saturated rings. The number of halogens is 3. The smallest absolute Gasteiger partial charge is 1.00 e. The van der Waals surface area contributed by atoms with Gasteiger partial charge in [-0.15, -0.1) is 0 Å². The van der Waals surface area contributed by atoms with Crippen LogP contribution in [-0.4, -0.2) is 0 Å². The van der Waals surface area contributed by atoms with Crippen LogP contribution in [0.4, 0.5) is 0 Å². The van der Waals surface area contributed by atoms with Gasteiger partial charge in [0, 0.05) is 0 Å². The molecule has 0 N–H and O–H groups in total. The van der Waals surface area contributed by atoms with Crippen molar-refractivity contribution < 1.29 is 57.7 Å². The van der Waals surface area contributed by atoms with E-state index >= 15 is 0 Å². The molecule has 0 aromatic carbocycles. The monoisotopic (exact) mass is 328 g/mol. The van der Waals surface area contributed by atoms with E-state index < -0.39 is 0 Å². The summed E-state index contributed by atoms with van der Waals surface area (Å²) in [6, 6.07) is 0. The summed E-state index contributed by atoms with van der Waals surface area (Å²) in [6.45, 7) is 4.63. The summed E-state index contributed by atoms with van der Waals surface area (Å²) in [6.07, 6.45) is 10.6. The third-order valence-corrected chi connectivity index (χ3v) is 5.00. The van der Waals surface area contributed by atoms with E-state index in [-0.39, 0.29) is 37.2 Å². The van der Waals surface area contributed by atoms with Gasteiger partial charge in [0.15, 0.2) is 0 Å². The molecule has 96 valence electrons. The van der Waals surface area contributed by atoms with Gasteiger partial charge in [-0.1, -0.05) is 0 Å². The molecule has 0 aliphatic heterocycles. The summed E-state index contributed by atoms with van der Waals surface area (Å²) in [5.74, 6) is 0. The molecule has 4 heteroatoms. The number of hydrogen-bond donors (Lipinski definition) is 0. The quantitative estimate of drug-likeness (QED) is 0.447. The number of hydrogen-bond acceptors (Lipinski definition) is 0. The van der Waals surface area contributed by atoms with E-state index in [1.807, 2.05) is 0 Å². The average Bonchev–Trinajstić information content (AvgIpc) is 2.54. The van der Waals surface area contributed by atoms with Crippen LogP contribution in [0.2, 0.25) is 3.72 Å². The zero-order valence-corrected chi connectivity index (χ0v) is 14.3. The molecule has 0 saturated carbocycles. The molecule has 2 rings (SSSR count). The molecular formula is C13H19Cl3Ti. The van der Waals surface area contributed by atoms with Gasteiger partial charge in [0.05, 0.1) is 0 Å². The van der Waals surface area contributed by atoms with Crippen LogP contribution in [0.25, 0.3) is 0 Å². The average molecular weight is 330 g/mol. The predicted octanol–water partition coefficient (Wildman–Crippen LogP) is -4.67. The Morgan fingerprint density at radius 3 is 2.24 bits per heavy atom. The maximum atomic E-state index is 2.56. The Bertz CT molecular complexity index is 310. The fourth-order valence-electron chi connectivity index (χ4n) is 2.85. The van der Waals surface area contributed by atoms with Crippen LogP contribution in [0.3, 0.4) is 0 Å². The minimum Gasteiger partial charge on any atom is -1.00 e. The third kappa shape index (κ3) is 3.77. The SMILES string of the molecule is CCC1=C[C]([Ti+3])(CC)C2=C1CCCC2.[Cl-].[Cl-].[Cl-]. The van der Waals surface area contributed by atoms with Crippen molar-refractivity contribution in [1.29, 1.82) is 0 Å². The van der Waals surface area contributed by atoms with Crippen LogP contribution < -0.4 is 37.2 Å². The summed E-state index contributed by atoms with van der Waals surface area (Å²) < 4.78 is 0.418. The summed E-state index contributed by atoms with van der Waals surface area (Å²) in [7, 11) is 0. The maximum absolute atomic E-state index is 2.56. The minimum absolute atomic E-state index is 0. The van der Waals surface area contributed by atoms with E-state index in [1.165, 1.54) is 38.5 Å². The van der Waals surface area contributed by atoms with Gasteiger partial charge < -0.3 is 37.2 Å². The van der Waals surface area contributed by atoms with Gasteiger partial charge in [-0.05, 0) is 0 Å². The molecule has 0 aromatic rings. The normalized spacial score (nSPS) is 26.2. The van der Waals surface area contributed by atoms with E-state index in [4.69, 9.17) is 0 Å². The van der Waals surface area contributed by atoms with Crippen LogP contribution in [-0.2, 0) is 20.4 Å². The standard InChI is InChI=1S/C13H19.3ClH.Ti/c1-3-10-9-11(4-2)13-8-6-5-7-12(10)13;;;;/h9H,3-8H2,1-2H3;3*1H;/q;;;;+3/p-3. The Hall–Kier alpha value is 1.06. The third-order valence-electron chi connectivity index (χ3n) is 3.75. The summed E-state index contributed by atoms with van der Waals surface area (Å²) >= 11 is 2.43. The van der Waals surface area contributed by atoms with Crippen molar-refractivity contribution in [2.75, 3.05) is 0 Å². The number of allylic oxidation sites excluding steroid dienone is 4. The largest absolute Gasteiger partial charge is 1.00 e. The maximum Gasteiger partial charge on any atom is -1.00 e. The molecule has 0 saturated heterocycles. The van der Waals surface area contributed by atoms with Crippen molar-refractivity contribution in [1.82, 2.24) is 0 Å². The van der Waals surface area contributed by atoms with Crippen LogP contribution in [0, 0.1) is 0 Å². The molecule has 0 aromatic heterocycles. The molecule has 0 nitrogen and oxygen atoms in total. The first kappa shape index (κ1) is 20.4. The van der Waals surface area contributed by atoms with Crippen LogP contribution in [0.1, 0.15) is 52.4 Å². The molecule has 0 bridgehead atoms. The topological polar surface area (TPSA) is 0 Å². The molecule has 0 spiro atoms. The van der Waals surface area contributed by atoms with Crippen molar-refractivity contribution in [3.05, 3.63) is 22.8 Å². The van der Waals surface area contributed by atoms with Crippen LogP contribution in [0.15, 0.2) is 22.8 Å². The van der Waals surface area contributed by atoms with Gasteiger partial charge in [0.25, 0.3) is 0 Å². The van der Waals surface area contributed by atoms with Gasteiger partial charge in [-0.3, -0.25) is 0 Å². The molecule has 2 aliphatic rings. The van der Waals surface area contributed by atoms with Crippen molar-refractivity contribution in [2.45, 2.75) is 56.1 Å². The van der Waals surface area contributed by atoms with Crippen molar-refractivity contribution in [2.24, 2.45) is 0 Å². The molecule has 17 heavy (non-hydrogen) atoms. The van der Waals surface area contributed by atoms with Gasteiger partial charge >= 0.3 is 99.3 Å². The van der Waals surface area contributed by atoms with E-state index in [0.29, 0.717) is 3.72 Å². The second-order valence-corrected chi connectivity index (χ2v) is 5.91. The first-order chi connectivity index (χ1) is 6.71. The van der Waals surface area contributed by atoms with Gasteiger partial charge in [-0.2, -0.15) is 0 Å². The first-order valence-corrected chi connectivity index (χ1v) is 6.69. The van der Waals surface area contributed by atoms with Gasteiger partial charge in [0.1, 0.15) is 0 Å². The fraction of sp³-hybridized carbons (Fsp3) is 0.692. The molecule has 0 amide bonds. The first-order valence-electron chi connectivity index (χ1n) is 5.91. The second-order valence-electron chi connectivity index (χ2n) is 4.51. The van der Waals surface area contributed by atoms with Crippen LogP contribution >= 0.6 is 0 Å². The van der Waals surface area contributed by atoms with E-state index in [9.17, 15) is 0 Å². The Morgan fingerprint density at radius 1 is 1.12 bits per heavy atom. The Labute approximate surface area is 136 Å². The molecule has 1 atom stereocenters. The fourth-order valence-corrected chi connectivity index (χ4v) is 3.56. The zero-order valence-electron chi connectivity index (χ0n) is 10.5. The van der Waals surface area contributed by atoms with Crippen LogP contribution in [0.5, 0.6) is 0 Å². The van der Waals surface area contributed by atoms with E-state index in [2.05, 4.69) is 40.4 Å². The Balaban J connectivity index is 0. The van der Waals surface area contributed by atoms with Crippen molar-refractivity contribution in [3.63, 3.8) is 0 Å². The summed E-state index contributed by atoms with van der Waals surface area (Å²) in [5.41, 5.74) is 5.18. The molecule has 1 unspecified atom stereocenters. The Morgan fingerprint density at radius 2 is 1.71 bits per heavy atom. The molecule has 0 heterocycles. The van der Waals surface area contributed by atoms with Gasteiger partial charge in [-0.25, -0.2) is 0 Å². The van der Waals surface area contributed by atoms with Crippen molar-refractivity contribution >= 4 is 0 Å². The zero-order chi connectivity index (χ0) is 10.2. The summed E-state index contributed by atoms with van der Waals surface area (Å²) in [5, 5.41) is 0. The predicted molar refractivity (Wildman–Crippen MR) is 56.9 cm³/mol. The summed E-state index contributed by atoms with van der Waals surface area (Å²) in [4.78, 5) is 0.